The zero-order valence-electron chi connectivity index (χ0n) is 19.7. The number of esters is 1. The first kappa shape index (κ1) is 24.0. The number of pyridine rings is 1. The van der Waals surface area contributed by atoms with Crippen molar-refractivity contribution in [3.05, 3.63) is 84.7 Å². The summed E-state index contributed by atoms with van der Waals surface area (Å²) in [6.07, 6.45) is 4.92. The number of fused-ring (bicyclic) bond motifs is 2. The normalized spacial score (nSPS) is 13.2. The lowest BCUT2D eigenvalue weighted by molar-refractivity contribution is -0.698. The van der Waals surface area contributed by atoms with E-state index in [9.17, 15) is 14.9 Å². The van der Waals surface area contributed by atoms with E-state index in [0.717, 1.165) is 26.9 Å². The van der Waals surface area contributed by atoms with E-state index in [1.807, 2.05) is 85.7 Å². The standard InChI is InChI=1S/C27H25N4O3S/c1-4-34-27(33)19(18-28)17-23(30-15-13-20(14-16-30)29(2)3)26(32)31-21-9-5-7-11-24(21)35-25-12-8-6-10-22(25)31/h5-17,23H,4H2,1-3H3/q+1/b19-17+. The number of nitrogens with zero attached hydrogens (tertiary/aromatic N) is 4. The van der Waals surface area contributed by atoms with Crippen molar-refractivity contribution >= 4 is 40.7 Å². The second-order valence-corrected chi connectivity index (χ2v) is 9.05. The van der Waals surface area contributed by atoms with E-state index in [-0.39, 0.29) is 18.1 Å². The third kappa shape index (κ3) is 4.91. The smallest absolute Gasteiger partial charge is 0.348 e. The average molecular weight is 486 g/mol. The Labute approximate surface area is 208 Å². The van der Waals surface area contributed by atoms with Gasteiger partial charge in [-0.2, -0.15) is 9.83 Å². The zero-order valence-corrected chi connectivity index (χ0v) is 20.5. The highest BCUT2D eigenvalue weighted by atomic mass is 32.2. The van der Waals surface area contributed by atoms with Crippen LogP contribution in [0.3, 0.4) is 0 Å². The van der Waals surface area contributed by atoms with Crippen LogP contribution in [0, 0.1) is 11.3 Å². The maximum atomic E-state index is 14.3. The number of para-hydroxylation sites is 2. The Morgan fingerprint density at radius 2 is 1.63 bits per heavy atom. The van der Waals surface area contributed by atoms with Gasteiger partial charge in [-0.05, 0) is 31.2 Å². The summed E-state index contributed by atoms with van der Waals surface area (Å²) in [5.41, 5.74) is 2.23. The van der Waals surface area contributed by atoms with Crippen LogP contribution in [0.25, 0.3) is 0 Å². The highest BCUT2D eigenvalue weighted by molar-refractivity contribution is 7.99. The molecule has 0 radical (unpaired) electrons. The minimum atomic E-state index is -0.963. The molecule has 1 aliphatic heterocycles. The van der Waals surface area contributed by atoms with Gasteiger partial charge < -0.3 is 9.64 Å². The van der Waals surface area contributed by atoms with Crippen molar-refractivity contribution in [2.24, 2.45) is 0 Å². The second-order valence-electron chi connectivity index (χ2n) is 7.97. The molecule has 1 unspecified atom stereocenters. The first-order valence-electron chi connectivity index (χ1n) is 11.1. The molecule has 0 fully saturated rings. The van der Waals surface area contributed by atoms with E-state index in [1.165, 1.54) is 6.08 Å². The molecular formula is C27H25N4O3S+. The number of nitriles is 1. The molecule has 3 aromatic rings. The monoisotopic (exact) mass is 485 g/mol. The number of ether oxygens (including phenoxy) is 1. The van der Waals surface area contributed by atoms with E-state index in [1.54, 1.807) is 40.5 Å². The summed E-state index contributed by atoms with van der Waals surface area (Å²) in [4.78, 5) is 32.2. The van der Waals surface area contributed by atoms with Crippen molar-refractivity contribution in [3.63, 3.8) is 0 Å². The first-order chi connectivity index (χ1) is 16.9. The van der Waals surface area contributed by atoms with Crippen LogP contribution in [0.5, 0.6) is 0 Å². The molecule has 0 saturated heterocycles. The molecule has 1 aromatic heterocycles. The number of benzene rings is 2. The molecule has 2 aromatic carbocycles. The van der Waals surface area contributed by atoms with Crippen LogP contribution in [-0.4, -0.2) is 32.6 Å². The summed E-state index contributed by atoms with van der Waals surface area (Å²) < 4.78 is 6.74. The van der Waals surface area contributed by atoms with Gasteiger partial charge in [-0.15, -0.1) is 0 Å². The minimum absolute atomic E-state index is 0.130. The number of carbonyl (C=O) groups excluding carboxylic acids is 2. The van der Waals surface area contributed by atoms with Gasteiger partial charge in [0.15, 0.2) is 12.4 Å². The third-order valence-corrected chi connectivity index (χ3v) is 6.65. The van der Waals surface area contributed by atoms with Crippen molar-refractivity contribution < 1.29 is 18.9 Å². The number of aromatic nitrogens is 1. The third-order valence-electron chi connectivity index (χ3n) is 5.52. The molecule has 0 aliphatic carbocycles. The lowest BCUT2D eigenvalue weighted by Gasteiger charge is -2.31. The van der Waals surface area contributed by atoms with Gasteiger partial charge in [-0.1, -0.05) is 36.0 Å². The molecule has 176 valence electrons. The lowest BCUT2D eigenvalue weighted by Crippen LogP contribution is -2.48. The molecule has 35 heavy (non-hydrogen) atoms. The summed E-state index contributed by atoms with van der Waals surface area (Å²) in [5.74, 6) is -1.06. The number of amides is 1. The van der Waals surface area contributed by atoms with Crippen molar-refractivity contribution in [2.45, 2.75) is 22.8 Å². The maximum absolute atomic E-state index is 14.3. The Balaban J connectivity index is 1.86. The average Bonchev–Trinajstić information content (AvgIpc) is 2.87. The molecule has 0 N–H and O–H groups in total. The van der Waals surface area contributed by atoms with Gasteiger partial charge in [0.25, 0.3) is 6.04 Å². The van der Waals surface area contributed by atoms with Crippen molar-refractivity contribution in [1.82, 2.24) is 0 Å². The number of hydrogen-bond donors (Lipinski definition) is 0. The highest BCUT2D eigenvalue weighted by Gasteiger charge is 2.37. The largest absolute Gasteiger partial charge is 0.462 e. The molecule has 0 spiro atoms. The first-order valence-corrected chi connectivity index (χ1v) is 11.9. The molecule has 0 saturated carbocycles. The summed E-state index contributed by atoms with van der Waals surface area (Å²) in [6, 6.07) is 20.1. The maximum Gasteiger partial charge on any atom is 0.348 e. The van der Waals surface area contributed by atoms with Gasteiger partial charge in [0.1, 0.15) is 11.6 Å². The van der Waals surface area contributed by atoms with Crippen LogP contribution in [-0.2, 0) is 14.3 Å². The Bertz CT molecular complexity index is 1280. The van der Waals surface area contributed by atoms with Crippen molar-refractivity contribution in [3.8, 4) is 6.07 Å². The fourth-order valence-electron chi connectivity index (χ4n) is 3.79. The summed E-state index contributed by atoms with van der Waals surface area (Å²) >= 11 is 1.60. The van der Waals surface area contributed by atoms with Gasteiger partial charge in [0.2, 0.25) is 0 Å². The van der Waals surface area contributed by atoms with Crippen molar-refractivity contribution in [2.75, 3.05) is 30.5 Å². The molecule has 1 aliphatic rings. The molecule has 2 heterocycles. The summed E-state index contributed by atoms with van der Waals surface area (Å²) in [5, 5.41) is 9.68. The second kappa shape index (κ2) is 10.5. The Morgan fingerprint density at radius 1 is 1.06 bits per heavy atom. The van der Waals surface area contributed by atoms with E-state index < -0.39 is 12.0 Å². The van der Waals surface area contributed by atoms with Crippen LogP contribution in [0.2, 0.25) is 0 Å². The van der Waals surface area contributed by atoms with Gasteiger partial charge in [-0.3, -0.25) is 9.69 Å². The molecule has 1 atom stereocenters. The van der Waals surface area contributed by atoms with Crippen molar-refractivity contribution in [1.29, 1.82) is 5.26 Å². The Kier molecular flexibility index (Phi) is 7.18. The molecule has 7 nitrogen and oxygen atoms in total. The summed E-state index contributed by atoms with van der Waals surface area (Å²) in [7, 11) is 3.85. The molecular weight excluding hydrogens is 460 g/mol. The van der Waals surface area contributed by atoms with Gasteiger partial charge in [0, 0.05) is 47.8 Å². The molecule has 1 amide bonds. The minimum Gasteiger partial charge on any atom is -0.462 e. The Hall–Kier alpha value is -4.09. The van der Waals surface area contributed by atoms with Crippen LogP contribution in [0.15, 0.2) is 94.5 Å². The van der Waals surface area contributed by atoms with E-state index in [0.29, 0.717) is 0 Å². The molecule has 4 rings (SSSR count). The van der Waals surface area contributed by atoms with E-state index >= 15 is 0 Å². The predicted octanol–water partition coefficient (Wildman–Crippen LogP) is 4.42. The molecule has 0 bridgehead atoms. The lowest BCUT2D eigenvalue weighted by atomic mass is 10.1. The number of hydrogen-bond acceptors (Lipinski definition) is 6. The van der Waals surface area contributed by atoms with Gasteiger partial charge >= 0.3 is 11.9 Å². The fraction of sp³-hybridized carbons (Fsp3) is 0.185. The Morgan fingerprint density at radius 3 is 2.14 bits per heavy atom. The number of rotatable bonds is 6. The topological polar surface area (TPSA) is 77.5 Å². The van der Waals surface area contributed by atoms with Gasteiger partial charge in [-0.25, -0.2) is 4.79 Å². The summed E-state index contributed by atoms with van der Waals surface area (Å²) in [6.45, 7) is 1.80. The predicted molar refractivity (Wildman–Crippen MR) is 134 cm³/mol. The van der Waals surface area contributed by atoms with Crippen LogP contribution in [0.4, 0.5) is 17.1 Å². The van der Waals surface area contributed by atoms with Crippen LogP contribution >= 0.6 is 11.8 Å². The zero-order chi connectivity index (χ0) is 24.9. The fourth-order valence-corrected chi connectivity index (χ4v) is 4.85. The molecule has 8 heteroatoms. The number of anilines is 3. The van der Waals surface area contributed by atoms with E-state index in [4.69, 9.17) is 4.74 Å². The SMILES string of the molecule is CCOC(=O)/C(C#N)=C/C(C(=O)N1c2ccccc2Sc2ccccc21)[n+]1ccc(N(C)C)cc1. The van der Waals surface area contributed by atoms with Gasteiger partial charge in [0.05, 0.1) is 18.0 Å². The highest BCUT2D eigenvalue weighted by Crippen LogP contribution is 2.48. The van der Waals surface area contributed by atoms with E-state index in [2.05, 4.69) is 0 Å². The number of carbonyl (C=O) groups is 2. The van der Waals surface area contributed by atoms with Crippen LogP contribution in [0.1, 0.15) is 13.0 Å². The quantitative estimate of drug-likeness (QED) is 0.223. The van der Waals surface area contributed by atoms with Crippen LogP contribution < -0.4 is 14.4 Å².